The minimum atomic E-state index is -0.236. The normalized spacial score (nSPS) is 12.3. The number of hydrogen-bond acceptors (Lipinski definition) is 3. The summed E-state index contributed by atoms with van der Waals surface area (Å²) in [6, 6.07) is 10.1. The molecule has 0 bridgehead atoms. The van der Waals surface area contributed by atoms with Crippen LogP contribution in [-0.4, -0.2) is 31.0 Å². The Kier molecular flexibility index (Phi) is 24.0. The van der Waals surface area contributed by atoms with Gasteiger partial charge in [-0.15, -0.1) is 0 Å². The van der Waals surface area contributed by atoms with Crippen LogP contribution in [0.25, 0.3) is 0 Å². The predicted molar refractivity (Wildman–Crippen MR) is 151 cm³/mol. The zero-order valence-corrected chi connectivity index (χ0v) is 23.2. The second-order valence-corrected chi connectivity index (χ2v) is 10.4. The van der Waals surface area contributed by atoms with Crippen LogP contribution >= 0.6 is 0 Å². The maximum Gasteiger partial charge on any atom is 0.104 e. The van der Waals surface area contributed by atoms with E-state index in [9.17, 15) is 5.11 Å². The third-order valence-electron chi connectivity index (χ3n) is 6.98. The van der Waals surface area contributed by atoms with Gasteiger partial charge in [0.25, 0.3) is 0 Å². The van der Waals surface area contributed by atoms with E-state index < -0.39 is 0 Å². The molecule has 3 nitrogen and oxygen atoms in total. The van der Waals surface area contributed by atoms with Gasteiger partial charge in [0.05, 0.1) is 19.8 Å². The topological polar surface area (TPSA) is 38.7 Å². The van der Waals surface area contributed by atoms with Gasteiger partial charge >= 0.3 is 0 Å². The van der Waals surface area contributed by atoms with Crippen molar-refractivity contribution in [3.05, 3.63) is 35.9 Å². The first-order valence-electron chi connectivity index (χ1n) is 15.2. The smallest absolute Gasteiger partial charge is 0.104 e. The molecule has 1 aromatic rings. The van der Waals surface area contributed by atoms with Gasteiger partial charge in [-0.3, -0.25) is 0 Å². The average molecular weight is 491 g/mol. The standard InChI is InChI=1S/C32H58O3/c1-2-3-4-5-6-7-8-9-10-11-12-13-14-15-16-17-18-19-20-24-27-34-30-32(28-33)35-29-31-25-22-21-23-26-31/h21-23,25-26,32-33H,2-20,24,27-30H2,1H3/t32-/m0/s1. The Balaban J connectivity index is 1.73. The molecular formula is C32H58O3. The van der Waals surface area contributed by atoms with Crippen LogP contribution in [0.2, 0.25) is 0 Å². The van der Waals surface area contributed by atoms with Crippen molar-refractivity contribution in [2.24, 2.45) is 0 Å². The Morgan fingerprint density at radius 1 is 0.600 bits per heavy atom. The van der Waals surface area contributed by atoms with E-state index in [1.165, 1.54) is 122 Å². The van der Waals surface area contributed by atoms with Gasteiger partial charge in [0.15, 0.2) is 0 Å². The molecule has 0 unspecified atom stereocenters. The van der Waals surface area contributed by atoms with Gasteiger partial charge in [-0.05, 0) is 12.0 Å². The van der Waals surface area contributed by atoms with Crippen molar-refractivity contribution in [1.82, 2.24) is 0 Å². The van der Waals surface area contributed by atoms with Crippen LogP contribution in [0.15, 0.2) is 30.3 Å². The highest BCUT2D eigenvalue weighted by atomic mass is 16.5. The molecule has 0 aromatic heterocycles. The summed E-state index contributed by atoms with van der Waals surface area (Å²) in [6.45, 7) is 4.06. The number of hydrogen-bond donors (Lipinski definition) is 1. The van der Waals surface area contributed by atoms with Gasteiger partial charge in [-0.2, -0.15) is 0 Å². The lowest BCUT2D eigenvalue weighted by atomic mass is 10.0. The minimum absolute atomic E-state index is 0.00604. The first-order chi connectivity index (χ1) is 17.4. The summed E-state index contributed by atoms with van der Waals surface area (Å²) in [5.74, 6) is 0. The summed E-state index contributed by atoms with van der Waals surface area (Å²) in [5.41, 5.74) is 1.13. The van der Waals surface area contributed by atoms with Crippen molar-refractivity contribution in [3.63, 3.8) is 0 Å². The van der Waals surface area contributed by atoms with Crippen LogP contribution in [0.1, 0.15) is 141 Å². The number of benzene rings is 1. The molecule has 0 radical (unpaired) electrons. The third-order valence-corrected chi connectivity index (χ3v) is 6.98. The summed E-state index contributed by atoms with van der Waals surface area (Å²) in [7, 11) is 0. The molecule has 1 atom stereocenters. The van der Waals surface area contributed by atoms with E-state index in [2.05, 4.69) is 6.92 Å². The van der Waals surface area contributed by atoms with E-state index in [1.807, 2.05) is 30.3 Å². The molecule has 1 N–H and O–H groups in total. The molecular weight excluding hydrogens is 432 g/mol. The molecule has 204 valence electrons. The van der Waals surface area contributed by atoms with Crippen molar-refractivity contribution < 1.29 is 14.6 Å². The summed E-state index contributed by atoms with van der Waals surface area (Å²) in [6.07, 6.45) is 27.8. The predicted octanol–water partition coefficient (Wildman–Crippen LogP) is 9.40. The number of unbranched alkanes of at least 4 members (excludes halogenated alkanes) is 19. The fraction of sp³-hybridized carbons (Fsp3) is 0.812. The summed E-state index contributed by atoms with van der Waals surface area (Å²) >= 11 is 0. The first kappa shape index (κ1) is 32.1. The Morgan fingerprint density at radius 3 is 1.46 bits per heavy atom. The molecule has 0 saturated carbocycles. The maximum absolute atomic E-state index is 9.47. The van der Waals surface area contributed by atoms with Gasteiger partial charge in [0.2, 0.25) is 0 Å². The Morgan fingerprint density at radius 2 is 1.03 bits per heavy atom. The highest BCUT2D eigenvalue weighted by Crippen LogP contribution is 2.15. The zero-order valence-electron chi connectivity index (χ0n) is 23.2. The second kappa shape index (κ2) is 26.2. The molecule has 1 rings (SSSR count). The highest BCUT2D eigenvalue weighted by molar-refractivity contribution is 5.13. The van der Waals surface area contributed by atoms with Gasteiger partial charge in [0.1, 0.15) is 6.10 Å². The molecule has 3 heteroatoms. The van der Waals surface area contributed by atoms with Crippen LogP contribution in [0.5, 0.6) is 0 Å². The van der Waals surface area contributed by atoms with E-state index in [0.717, 1.165) is 18.6 Å². The summed E-state index contributed by atoms with van der Waals surface area (Å²) in [4.78, 5) is 0. The lowest BCUT2D eigenvalue weighted by Gasteiger charge is -2.15. The molecule has 1 aromatic carbocycles. The SMILES string of the molecule is CCCCCCCCCCCCCCCCCCCCCCOC[C@H](CO)OCc1ccccc1. The van der Waals surface area contributed by atoms with Crippen molar-refractivity contribution >= 4 is 0 Å². The number of aliphatic hydroxyl groups excluding tert-OH is 1. The molecule has 0 saturated heterocycles. The largest absolute Gasteiger partial charge is 0.394 e. The molecule has 0 amide bonds. The lowest BCUT2D eigenvalue weighted by molar-refractivity contribution is -0.0502. The summed E-state index contributed by atoms with van der Waals surface area (Å²) < 4.78 is 11.5. The summed E-state index contributed by atoms with van der Waals surface area (Å²) in [5, 5.41) is 9.47. The third kappa shape index (κ3) is 22.1. The number of ether oxygens (including phenoxy) is 2. The zero-order chi connectivity index (χ0) is 25.1. The number of rotatable bonds is 27. The van der Waals surface area contributed by atoms with Crippen LogP contribution in [-0.2, 0) is 16.1 Å². The average Bonchev–Trinajstić information content (AvgIpc) is 2.89. The maximum atomic E-state index is 9.47. The molecule has 0 fully saturated rings. The fourth-order valence-corrected chi connectivity index (χ4v) is 4.62. The van der Waals surface area contributed by atoms with Crippen molar-refractivity contribution in [2.75, 3.05) is 19.8 Å². The second-order valence-electron chi connectivity index (χ2n) is 10.4. The Bertz CT molecular complexity index is 519. The van der Waals surface area contributed by atoms with Crippen molar-refractivity contribution in [2.45, 2.75) is 148 Å². The highest BCUT2D eigenvalue weighted by Gasteiger charge is 2.08. The lowest BCUT2D eigenvalue weighted by Crippen LogP contribution is -2.24. The van der Waals surface area contributed by atoms with E-state index >= 15 is 0 Å². The molecule has 0 aliphatic carbocycles. The molecule has 0 aliphatic rings. The van der Waals surface area contributed by atoms with Gasteiger partial charge in [-0.1, -0.05) is 159 Å². The van der Waals surface area contributed by atoms with Gasteiger partial charge < -0.3 is 14.6 Å². The Labute approximate surface area is 218 Å². The van der Waals surface area contributed by atoms with Gasteiger partial charge in [-0.25, -0.2) is 0 Å². The monoisotopic (exact) mass is 490 g/mol. The quantitative estimate of drug-likeness (QED) is 0.125. The molecule has 35 heavy (non-hydrogen) atoms. The van der Waals surface area contributed by atoms with E-state index in [4.69, 9.17) is 9.47 Å². The van der Waals surface area contributed by atoms with Crippen LogP contribution in [0.3, 0.4) is 0 Å². The molecule has 0 spiro atoms. The fourth-order valence-electron chi connectivity index (χ4n) is 4.62. The van der Waals surface area contributed by atoms with Crippen molar-refractivity contribution in [3.8, 4) is 0 Å². The number of aliphatic hydroxyl groups is 1. The van der Waals surface area contributed by atoms with E-state index in [-0.39, 0.29) is 12.7 Å². The van der Waals surface area contributed by atoms with E-state index in [0.29, 0.717) is 13.2 Å². The Hall–Kier alpha value is -0.900. The van der Waals surface area contributed by atoms with Crippen LogP contribution < -0.4 is 0 Å². The first-order valence-corrected chi connectivity index (χ1v) is 15.2. The van der Waals surface area contributed by atoms with E-state index in [1.54, 1.807) is 0 Å². The van der Waals surface area contributed by atoms with Crippen LogP contribution in [0.4, 0.5) is 0 Å². The molecule has 0 aliphatic heterocycles. The van der Waals surface area contributed by atoms with Crippen molar-refractivity contribution in [1.29, 1.82) is 0 Å². The van der Waals surface area contributed by atoms with Crippen LogP contribution in [0, 0.1) is 0 Å². The molecule has 0 heterocycles. The van der Waals surface area contributed by atoms with Gasteiger partial charge in [0, 0.05) is 6.61 Å². The minimum Gasteiger partial charge on any atom is -0.394 e.